The summed E-state index contributed by atoms with van der Waals surface area (Å²) in [6.45, 7) is 14.7. The van der Waals surface area contributed by atoms with Crippen LogP contribution in [0.3, 0.4) is 0 Å². The molecule has 3 rings (SSSR count). The molecule has 3 aliphatic rings. The van der Waals surface area contributed by atoms with Crippen molar-refractivity contribution in [2.75, 3.05) is 0 Å². The summed E-state index contributed by atoms with van der Waals surface area (Å²) >= 11 is 0. The van der Waals surface area contributed by atoms with Crippen molar-refractivity contribution in [1.29, 1.82) is 0 Å². The Bertz CT molecular complexity index is 878. The van der Waals surface area contributed by atoms with Crippen LogP contribution in [0.25, 0.3) is 0 Å². The molecule has 0 aromatic carbocycles. The number of allylic oxidation sites excluding steroid dienone is 4. The van der Waals surface area contributed by atoms with E-state index in [1.54, 1.807) is 27.7 Å². The SMILES string of the molecule is CC(C)=CCC12CC3C(C)(C)C(C(C)(C)O)C[C@@]3(C(=O)C(C(=O)C(C)C)=C1O)C2=O. The zero-order valence-corrected chi connectivity index (χ0v) is 19.5. The van der Waals surface area contributed by atoms with E-state index >= 15 is 0 Å². The zero-order valence-electron chi connectivity index (χ0n) is 19.5. The maximum absolute atomic E-state index is 14.0. The Labute approximate surface area is 179 Å². The van der Waals surface area contributed by atoms with Gasteiger partial charge in [-0.05, 0) is 64.2 Å². The molecule has 1 spiro atoms. The van der Waals surface area contributed by atoms with Crippen molar-refractivity contribution in [3.8, 4) is 0 Å². The van der Waals surface area contributed by atoms with E-state index < -0.39 is 39.3 Å². The average molecular weight is 417 g/mol. The quantitative estimate of drug-likeness (QED) is 0.395. The minimum absolute atomic E-state index is 0.179. The molecule has 0 heterocycles. The average Bonchev–Trinajstić information content (AvgIpc) is 2.97. The second-order valence-corrected chi connectivity index (χ2v) is 11.4. The fourth-order valence-electron chi connectivity index (χ4n) is 6.62. The van der Waals surface area contributed by atoms with E-state index in [0.29, 0.717) is 6.42 Å². The highest BCUT2D eigenvalue weighted by atomic mass is 16.3. The topological polar surface area (TPSA) is 91.7 Å². The molecule has 0 amide bonds. The number of rotatable bonds is 5. The lowest BCUT2D eigenvalue weighted by molar-refractivity contribution is -0.145. The van der Waals surface area contributed by atoms with E-state index in [9.17, 15) is 24.6 Å². The van der Waals surface area contributed by atoms with Crippen LogP contribution in [0.2, 0.25) is 0 Å². The smallest absolute Gasteiger partial charge is 0.183 e. The van der Waals surface area contributed by atoms with E-state index in [1.165, 1.54) is 0 Å². The molecular formula is C25H36O5. The Morgan fingerprint density at radius 1 is 1.20 bits per heavy atom. The monoisotopic (exact) mass is 416 g/mol. The number of Topliss-reactive ketones (excluding diaryl/α,β-unsaturated/α-hetero) is 3. The molecule has 0 saturated heterocycles. The molecule has 2 bridgehead atoms. The summed E-state index contributed by atoms with van der Waals surface area (Å²) in [4.78, 5) is 40.9. The third kappa shape index (κ3) is 2.73. The number of hydrogen-bond acceptors (Lipinski definition) is 5. The molecule has 5 heteroatoms. The molecule has 0 aromatic heterocycles. The van der Waals surface area contributed by atoms with Gasteiger partial charge in [-0.1, -0.05) is 39.3 Å². The summed E-state index contributed by atoms with van der Waals surface area (Å²) in [6.07, 6.45) is 2.73. The zero-order chi connectivity index (χ0) is 23.0. The molecular weight excluding hydrogens is 380 g/mol. The molecule has 0 aromatic rings. The summed E-state index contributed by atoms with van der Waals surface area (Å²) < 4.78 is 0. The first kappa shape index (κ1) is 22.9. The van der Waals surface area contributed by atoms with Crippen LogP contribution in [0.15, 0.2) is 23.0 Å². The van der Waals surface area contributed by atoms with Gasteiger partial charge in [-0.2, -0.15) is 0 Å². The second kappa shape index (κ2) is 6.62. The van der Waals surface area contributed by atoms with Gasteiger partial charge in [0.15, 0.2) is 17.3 Å². The summed E-state index contributed by atoms with van der Waals surface area (Å²) in [6, 6.07) is 0. The van der Waals surface area contributed by atoms with Gasteiger partial charge in [0.1, 0.15) is 11.3 Å². The van der Waals surface area contributed by atoms with Crippen LogP contribution in [0.4, 0.5) is 0 Å². The second-order valence-electron chi connectivity index (χ2n) is 11.4. The van der Waals surface area contributed by atoms with E-state index in [4.69, 9.17) is 0 Å². The molecule has 2 fully saturated rings. The summed E-state index contributed by atoms with van der Waals surface area (Å²) in [5.41, 5.74) is -3.34. The summed E-state index contributed by atoms with van der Waals surface area (Å²) in [7, 11) is 0. The lowest BCUT2D eigenvalue weighted by Crippen LogP contribution is -2.50. The molecule has 0 radical (unpaired) electrons. The number of fused-ring (bicyclic) bond motifs is 1. The third-order valence-electron chi connectivity index (χ3n) is 8.11. The molecule has 4 atom stereocenters. The molecule has 2 saturated carbocycles. The van der Waals surface area contributed by atoms with Crippen molar-refractivity contribution in [2.24, 2.45) is 34.0 Å². The Morgan fingerprint density at radius 2 is 1.77 bits per heavy atom. The fraction of sp³-hybridized carbons (Fsp3) is 0.720. The Kier molecular flexibility index (Phi) is 5.06. The Balaban J connectivity index is 2.30. The first-order chi connectivity index (χ1) is 13.5. The largest absolute Gasteiger partial charge is 0.510 e. The lowest BCUT2D eigenvalue weighted by atomic mass is 9.62. The standard InChI is InChI=1S/C25H36O5/c1-13(2)9-10-24-11-16-22(5,6)15(23(7,8)30)12-25(16,21(24)29)20(28)17(19(24)27)18(26)14(3)4/h9,14-16,27,30H,10-12H2,1-8H3/t15?,16?,24?,25-/m1/s1. The maximum Gasteiger partial charge on any atom is 0.183 e. The van der Waals surface area contributed by atoms with Crippen LogP contribution in [0, 0.1) is 34.0 Å². The van der Waals surface area contributed by atoms with Gasteiger partial charge in [-0.25, -0.2) is 0 Å². The van der Waals surface area contributed by atoms with Crippen LogP contribution in [-0.2, 0) is 14.4 Å². The minimum atomic E-state index is -1.35. The number of hydrogen-bond donors (Lipinski definition) is 2. The van der Waals surface area contributed by atoms with Crippen molar-refractivity contribution in [1.82, 2.24) is 0 Å². The Morgan fingerprint density at radius 3 is 2.23 bits per heavy atom. The first-order valence-corrected chi connectivity index (χ1v) is 11.0. The van der Waals surface area contributed by atoms with Crippen molar-refractivity contribution >= 4 is 17.3 Å². The number of carbonyl (C=O) groups excluding carboxylic acids is 3. The highest BCUT2D eigenvalue weighted by molar-refractivity contribution is 6.32. The normalized spacial score (nSPS) is 35.1. The van der Waals surface area contributed by atoms with Gasteiger partial charge < -0.3 is 10.2 Å². The number of aliphatic hydroxyl groups is 2. The van der Waals surface area contributed by atoms with Crippen LogP contribution in [0.5, 0.6) is 0 Å². The van der Waals surface area contributed by atoms with Gasteiger partial charge in [-0.15, -0.1) is 0 Å². The fourth-order valence-corrected chi connectivity index (χ4v) is 6.62. The van der Waals surface area contributed by atoms with Crippen molar-refractivity contribution in [3.05, 3.63) is 23.0 Å². The molecule has 30 heavy (non-hydrogen) atoms. The maximum atomic E-state index is 14.0. The molecule has 3 unspecified atom stereocenters. The van der Waals surface area contributed by atoms with Gasteiger partial charge in [0, 0.05) is 5.92 Å². The van der Waals surface area contributed by atoms with Crippen LogP contribution in [-0.4, -0.2) is 33.2 Å². The van der Waals surface area contributed by atoms with E-state index in [0.717, 1.165) is 5.57 Å². The van der Waals surface area contributed by atoms with Crippen molar-refractivity contribution < 1.29 is 24.6 Å². The Hall–Kier alpha value is -1.75. The summed E-state index contributed by atoms with van der Waals surface area (Å²) in [5, 5.41) is 22.1. The van der Waals surface area contributed by atoms with Crippen LogP contribution >= 0.6 is 0 Å². The van der Waals surface area contributed by atoms with E-state index in [1.807, 2.05) is 33.8 Å². The van der Waals surface area contributed by atoms with E-state index in [2.05, 4.69) is 0 Å². The number of aliphatic hydroxyl groups excluding tert-OH is 1. The first-order valence-electron chi connectivity index (χ1n) is 11.0. The van der Waals surface area contributed by atoms with Crippen LogP contribution in [0.1, 0.15) is 74.7 Å². The van der Waals surface area contributed by atoms with Gasteiger partial charge in [0.05, 0.1) is 16.4 Å². The summed E-state index contributed by atoms with van der Waals surface area (Å²) in [5.74, 6) is -2.61. The number of carbonyl (C=O) groups is 3. The molecule has 0 aliphatic heterocycles. The predicted octanol–water partition coefficient (Wildman–Crippen LogP) is 4.34. The highest BCUT2D eigenvalue weighted by Gasteiger charge is 2.78. The van der Waals surface area contributed by atoms with E-state index in [-0.39, 0.29) is 41.8 Å². The van der Waals surface area contributed by atoms with Crippen LogP contribution < -0.4 is 0 Å². The van der Waals surface area contributed by atoms with Crippen molar-refractivity contribution in [3.63, 3.8) is 0 Å². The van der Waals surface area contributed by atoms with Gasteiger partial charge in [-0.3, -0.25) is 14.4 Å². The predicted molar refractivity (Wildman–Crippen MR) is 115 cm³/mol. The lowest BCUT2D eigenvalue weighted by Gasteiger charge is -2.41. The molecule has 5 nitrogen and oxygen atoms in total. The van der Waals surface area contributed by atoms with Gasteiger partial charge in [0.25, 0.3) is 0 Å². The molecule has 166 valence electrons. The molecule has 3 aliphatic carbocycles. The highest BCUT2D eigenvalue weighted by Crippen LogP contribution is 2.73. The molecule has 2 N–H and O–H groups in total. The van der Waals surface area contributed by atoms with Gasteiger partial charge in [0.2, 0.25) is 0 Å². The number of ketones is 3. The van der Waals surface area contributed by atoms with Crippen molar-refractivity contribution in [2.45, 2.75) is 80.3 Å². The minimum Gasteiger partial charge on any atom is -0.510 e. The van der Waals surface area contributed by atoms with Gasteiger partial charge >= 0.3 is 0 Å². The third-order valence-corrected chi connectivity index (χ3v) is 8.11.